The van der Waals surface area contributed by atoms with Crippen molar-refractivity contribution in [2.45, 2.75) is 65.2 Å². The molecule has 0 aromatic heterocycles. The molecule has 156 valence electrons. The average Bonchev–Trinajstić information content (AvgIpc) is 2.97. The van der Waals surface area contributed by atoms with Crippen molar-refractivity contribution in [1.82, 2.24) is 5.32 Å². The van der Waals surface area contributed by atoms with Gasteiger partial charge >= 0.3 is 0 Å². The summed E-state index contributed by atoms with van der Waals surface area (Å²) in [5.74, 6) is -0.317. The van der Waals surface area contributed by atoms with Crippen LogP contribution in [0.1, 0.15) is 68.4 Å². The molecule has 1 aliphatic carbocycles. The number of hydrogen-bond donors (Lipinski definition) is 1. The van der Waals surface area contributed by atoms with Crippen LogP contribution in [0.15, 0.2) is 35.2 Å². The van der Waals surface area contributed by atoms with Gasteiger partial charge in [-0.3, -0.25) is 14.9 Å². The van der Waals surface area contributed by atoms with Gasteiger partial charge in [0.1, 0.15) is 0 Å². The predicted molar refractivity (Wildman–Crippen MR) is 126 cm³/mol. The summed E-state index contributed by atoms with van der Waals surface area (Å²) in [4.78, 5) is 24.2. The van der Waals surface area contributed by atoms with Crippen LogP contribution in [0.25, 0.3) is 17.2 Å². The molecular formula is C26H29NO2S. The molecule has 0 saturated carbocycles. The van der Waals surface area contributed by atoms with E-state index in [9.17, 15) is 9.59 Å². The standard InChI is InChI=1S/C26H29NO2S/c1-15-8-7-9-17(13-21-23(28)27-24(29)30-21)22(15)18-14-20-19(12-16(18)2)25(3,4)10-11-26(20,5)6/h7-9,12-14H,10-11H2,1-6H3,(H,27,28,29)/b21-13+. The molecule has 2 aliphatic rings. The van der Waals surface area contributed by atoms with Crippen molar-refractivity contribution >= 4 is 29.0 Å². The number of amides is 2. The highest BCUT2D eigenvalue weighted by Gasteiger charge is 2.37. The number of carbonyl (C=O) groups excluding carboxylic acids is 2. The lowest BCUT2D eigenvalue weighted by atomic mass is 9.62. The smallest absolute Gasteiger partial charge is 0.282 e. The molecule has 3 nitrogen and oxygen atoms in total. The molecule has 0 unspecified atom stereocenters. The van der Waals surface area contributed by atoms with Crippen LogP contribution in [0, 0.1) is 13.8 Å². The normalized spacial score (nSPS) is 20.9. The molecule has 1 saturated heterocycles. The van der Waals surface area contributed by atoms with Gasteiger partial charge in [0.25, 0.3) is 11.1 Å². The monoisotopic (exact) mass is 419 g/mol. The number of benzene rings is 2. The van der Waals surface area contributed by atoms with Gasteiger partial charge in [0, 0.05) is 0 Å². The first-order valence-electron chi connectivity index (χ1n) is 10.5. The highest BCUT2D eigenvalue weighted by atomic mass is 32.2. The Morgan fingerprint density at radius 1 is 0.933 bits per heavy atom. The quantitative estimate of drug-likeness (QED) is 0.555. The summed E-state index contributed by atoms with van der Waals surface area (Å²) in [6, 6.07) is 10.9. The molecule has 0 spiro atoms. The van der Waals surface area contributed by atoms with Crippen molar-refractivity contribution in [2.24, 2.45) is 0 Å². The summed E-state index contributed by atoms with van der Waals surface area (Å²) >= 11 is 0.966. The van der Waals surface area contributed by atoms with E-state index in [-0.39, 0.29) is 22.0 Å². The third-order valence-corrected chi connectivity index (χ3v) is 7.51. The molecule has 2 aromatic rings. The first kappa shape index (κ1) is 20.9. The van der Waals surface area contributed by atoms with Crippen LogP contribution in [0.3, 0.4) is 0 Å². The lowest BCUT2D eigenvalue weighted by Gasteiger charge is -2.42. The summed E-state index contributed by atoms with van der Waals surface area (Å²) < 4.78 is 0. The Balaban J connectivity index is 1.94. The van der Waals surface area contributed by atoms with Crippen molar-refractivity contribution in [1.29, 1.82) is 0 Å². The van der Waals surface area contributed by atoms with E-state index in [0.717, 1.165) is 28.5 Å². The molecule has 1 heterocycles. The minimum atomic E-state index is -0.317. The average molecular weight is 420 g/mol. The second-order valence-electron chi connectivity index (χ2n) is 9.87. The zero-order valence-corrected chi connectivity index (χ0v) is 19.4. The highest BCUT2D eigenvalue weighted by Crippen LogP contribution is 2.48. The summed E-state index contributed by atoms with van der Waals surface area (Å²) in [6.45, 7) is 13.7. The first-order chi connectivity index (χ1) is 14.0. The fourth-order valence-corrected chi connectivity index (χ4v) is 5.41. The van der Waals surface area contributed by atoms with Crippen LogP contribution in [0.5, 0.6) is 0 Å². The first-order valence-corrected chi connectivity index (χ1v) is 11.3. The van der Waals surface area contributed by atoms with Crippen molar-refractivity contribution in [3.05, 3.63) is 63.1 Å². The molecule has 4 rings (SSSR count). The van der Waals surface area contributed by atoms with Gasteiger partial charge in [-0.25, -0.2) is 0 Å². The molecule has 0 radical (unpaired) electrons. The van der Waals surface area contributed by atoms with Gasteiger partial charge in [-0.2, -0.15) is 0 Å². The zero-order chi connectivity index (χ0) is 21.8. The fraction of sp³-hybridized carbons (Fsp3) is 0.385. The number of fused-ring (bicyclic) bond motifs is 1. The second kappa shape index (κ2) is 7.12. The van der Waals surface area contributed by atoms with E-state index in [4.69, 9.17) is 0 Å². The highest BCUT2D eigenvalue weighted by molar-refractivity contribution is 8.18. The van der Waals surface area contributed by atoms with Gasteiger partial charge in [0.15, 0.2) is 0 Å². The summed E-state index contributed by atoms with van der Waals surface area (Å²) in [6.07, 6.45) is 4.20. The lowest BCUT2D eigenvalue weighted by molar-refractivity contribution is -0.115. The third kappa shape index (κ3) is 3.51. The number of nitrogens with one attached hydrogen (secondary N) is 1. The Labute approximate surface area is 183 Å². The van der Waals surface area contributed by atoms with Crippen molar-refractivity contribution in [3.8, 4) is 11.1 Å². The molecule has 4 heteroatoms. The zero-order valence-electron chi connectivity index (χ0n) is 18.6. The van der Waals surface area contributed by atoms with E-state index in [0.29, 0.717) is 4.91 Å². The molecule has 2 aromatic carbocycles. The molecule has 2 amide bonds. The molecule has 30 heavy (non-hydrogen) atoms. The maximum atomic E-state index is 12.1. The Hall–Kier alpha value is -2.33. The van der Waals surface area contributed by atoms with Gasteiger partial charge in [-0.15, -0.1) is 0 Å². The largest absolute Gasteiger partial charge is 0.290 e. The van der Waals surface area contributed by atoms with Crippen LogP contribution < -0.4 is 5.32 Å². The summed E-state index contributed by atoms with van der Waals surface area (Å²) in [5.41, 5.74) is 8.89. The number of carbonyl (C=O) groups is 2. The molecule has 0 atom stereocenters. The van der Waals surface area contributed by atoms with Crippen molar-refractivity contribution in [2.75, 3.05) is 0 Å². The SMILES string of the molecule is Cc1cc2c(cc1-c1c(C)cccc1/C=C1/SC(=O)NC1=O)C(C)(C)CCC2(C)C. The summed E-state index contributed by atoms with van der Waals surface area (Å²) in [5, 5.41) is 2.04. The molecular weight excluding hydrogens is 390 g/mol. The van der Waals surface area contributed by atoms with E-state index >= 15 is 0 Å². The Morgan fingerprint density at radius 3 is 2.17 bits per heavy atom. The van der Waals surface area contributed by atoms with Crippen molar-refractivity contribution < 1.29 is 9.59 Å². The van der Waals surface area contributed by atoms with Crippen LogP contribution in [0.4, 0.5) is 4.79 Å². The Kier molecular flexibility index (Phi) is 4.97. The Morgan fingerprint density at radius 2 is 1.57 bits per heavy atom. The van der Waals surface area contributed by atoms with Crippen LogP contribution in [0.2, 0.25) is 0 Å². The topological polar surface area (TPSA) is 46.2 Å². The predicted octanol–water partition coefficient (Wildman–Crippen LogP) is 6.64. The van der Waals surface area contributed by atoms with Crippen LogP contribution in [-0.2, 0) is 15.6 Å². The van der Waals surface area contributed by atoms with E-state index in [1.165, 1.54) is 35.1 Å². The van der Waals surface area contributed by atoms with E-state index in [1.807, 2.05) is 18.2 Å². The fourth-order valence-electron chi connectivity index (χ4n) is 4.73. The van der Waals surface area contributed by atoms with E-state index in [2.05, 4.69) is 65.1 Å². The number of imide groups is 1. The number of rotatable bonds is 2. The lowest BCUT2D eigenvalue weighted by Crippen LogP contribution is -2.34. The molecule has 1 N–H and O–H groups in total. The van der Waals surface area contributed by atoms with Crippen LogP contribution in [-0.4, -0.2) is 11.1 Å². The summed E-state index contributed by atoms with van der Waals surface area (Å²) in [7, 11) is 0. The second-order valence-corrected chi connectivity index (χ2v) is 10.9. The number of thioether (sulfide) groups is 1. The van der Waals surface area contributed by atoms with Crippen molar-refractivity contribution in [3.63, 3.8) is 0 Å². The van der Waals surface area contributed by atoms with Gasteiger partial charge in [-0.1, -0.05) is 58.0 Å². The Bertz CT molecular complexity index is 1110. The number of hydrogen-bond acceptors (Lipinski definition) is 3. The maximum Gasteiger partial charge on any atom is 0.290 e. The van der Waals surface area contributed by atoms with Gasteiger partial charge in [0.05, 0.1) is 4.91 Å². The minimum absolute atomic E-state index is 0.127. The third-order valence-electron chi connectivity index (χ3n) is 6.70. The van der Waals surface area contributed by atoms with E-state index < -0.39 is 0 Å². The van der Waals surface area contributed by atoms with Crippen LogP contribution >= 0.6 is 11.8 Å². The molecule has 0 bridgehead atoms. The van der Waals surface area contributed by atoms with E-state index in [1.54, 1.807) is 0 Å². The van der Waals surface area contributed by atoms with Gasteiger partial charge in [0.2, 0.25) is 0 Å². The van der Waals surface area contributed by atoms with Gasteiger partial charge < -0.3 is 0 Å². The molecule has 1 fully saturated rings. The number of aryl methyl sites for hydroxylation is 2. The van der Waals surface area contributed by atoms with Gasteiger partial charge in [-0.05, 0) is 94.3 Å². The molecule has 1 aliphatic heterocycles. The maximum absolute atomic E-state index is 12.1. The minimum Gasteiger partial charge on any atom is -0.282 e.